The molecule has 2 N–H and O–H groups in total. The van der Waals surface area contributed by atoms with E-state index in [0.717, 1.165) is 24.5 Å². The lowest BCUT2D eigenvalue weighted by atomic mass is 9.89. The lowest BCUT2D eigenvalue weighted by molar-refractivity contribution is 0.240. The number of aliphatic imine (C=N–C) groups is 1. The van der Waals surface area contributed by atoms with Gasteiger partial charge in [-0.1, -0.05) is 19.3 Å². The maximum absolute atomic E-state index is 8.52. The minimum Gasteiger partial charge on any atom is -0.290 e. The quantitative estimate of drug-likeness (QED) is 0.479. The van der Waals surface area contributed by atoms with E-state index in [1.54, 1.807) is 0 Å². The molecular formula is C12H18N6O. The van der Waals surface area contributed by atoms with Gasteiger partial charge in [0.05, 0.1) is 0 Å². The van der Waals surface area contributed by atoms with Crippen LogP contribution in [0.15, 0.2) is 10.1 Å². The Morgan fingerprint density at radius 2 is 2.05 bits per heavy atom. The fourth-order valence-corrected chi connectivity index (χ4v) is 2.79. The molecule has 102 valence electrons. The molecule has 0 bridgehead atoms. The predicted molar refractivity (Wildman–Crippen MR) is 70.4 cm³/mol. The number of aromatic nitrogens is 3. The van der Waals surface area contributed by atoms with Crippen molar-refractivity contribution in [1.29, 1.82) is 0 Å². The third kappa shape index (κ3) is 2.51. The summed E-state index contributed by atoms with van der Waals surface area (Å²) in [5.41, 5.74) is 1.90. The molecule has 3 rings (SSSR count). The minimum absolute atomic E-state index is 0.470. The van der Waals surface area contributed by atoms with Crippen LogP contribution in [0.5, 0.6) is 0 Å². The first-order valence-corrected chi connectivity index (χ1v) is 6.82. The number of fused-ring (bicyclic) bond motifs is 1. The highest BCUT2D eigenvalue weighted by molar-refractivity contribution is 5.89. The molecule has 1 aliphatic carbocycles. The molecule has 0 saturated heterocycles. The highest BCUT2D eigenvalue weighted by Gasteiger charge is 2.25. The zero-order valence-corrected chi connectivity index (χ0v) is 10.8. The Labute approximate surface area is 111 Å². The van der Waals surface area contributed by atoms with E-state index in [4.69, 9.17) is 5.21 Å². The van der Waals surface area contributed by atoms with Crippen LogP contribution < -0.4 is 5.48 Å². The molecule has 1 aromatic rings. The Morgan fingerprint density at radius 1 is 1.21 bits per heavy atom. The van der Waals surface area contributed by atoms with Crippen LogP contribution in [0.1, 0.15) is 56.1 Å². The average Bonchev–Trinajstić information content (AvgIpc) is 2.89. The number of hydroxylamine groups is 1. The highest BCUT2D eigenvalue weighted by atomic mass is 16.5. The van der Waals surface area contributed by atoms with E-state index in [2.05, 4.69) is 20.3 Å². The summed E-state index contributed by atoms with van der Waals surface area (Å²) in [6.07, 6.45) is 8.93. The lowest BCUT2D eigenvalue weighted by Crippen LogP contribution is -2.17. The second kappa shape index (κ2) is 5.48. The van der Waals surface area contributed by atoms with Crippen LogP contribution in [0.4, 0.5) is 0 Å². The van der Waals surface area contributed by atoms with Crippen molar-refractivity contribution in [3.63, 3.8) is 0 Å². The zero-order valence-electron chi connectivity index (χ0n) is 10.8. The molecule has 1 aliphatic heterocycles. The Kier molecular flexibility index (Phi) is 3.54. The Bertz CT molecular complexity index is 500. The number of hydrogen-bond donors (Lipinski definition) is 2. The molecule has 1 aromatic heterocycles. The minimum atomic E-state index is 0.470. The van der Waals surface area contributed by atoms with Crippen LogP contribution >= 0.6 is 0 Å². The third-order valence-electron chi connectivity index (χ3n) is 3.76. The number of nitrogens with one attached hydrogen (secondary N) is 1. The van der Waals surface area contributed by atoms with Crippen molar-refractivity contribution in [1.82, 2.24) is 20.4 Å². The van der Waals surface area contributed by atoms with Crippen LogP contribution in [0.25, 0.3) is 0 Å². The first-order chi connectivity index (χ1) is 9.38. The van der Waals surface area contributed by atoms with Gasteiger partial charge >= 0.3 is 0 Å². The van der Waals surface area contributed by atoms with Gasteiger partial charge in [-0.2, -0.15) is 4.68 Å². The molecule has 1 fully saturated rings. The smallest absolute Gasteiger partial charge is 0.157 e. The Morgan fingerprint density at radius 3 is 2.84 bits per heavy atom. The summed E-state index contributed by atoms with van der Waals surface area (Å²) in [4.78, 5) is 4.05. The second-order valence-corrected chi connectivity index (χ2v) is 5.02. The predicted octanol–water partition coefficient (Wildman–Crippen LogP) is 1.44. The molecule has 1 saturated carbocycles. The molecule has 2 aliphatic rings. The summed E-state index contributed by atoms with van der Waals surface area (Å²) < 4.78 is 1.85. The van der Waals surface area contributed by atoms with Gasteiger partial charge in [-0.3, -0.25) is 10.7 Å². The fraction of sp³-hybridized carbons (Fsp3) is 0.667. The first-order valence-electron chi connectivity index (χ1n) is 6.82. The van der Waals surface area contributed by atoms with Gasteiger partial charge in [0.1, 0.15) is 6.34 Å². The molecule has 0 amide bonds. The molecular weight excluding hydrogens is 244 g/mol. The normalized spacial score (nSPS) is 20.4. The lowest BCUT2D eigenvalue weighted by Gasteiger charge is -2.21. The van der Waals surface area contributed by atoms with Gasteiger partial charge in [0.25, 0.3) is 0 Å². The van der Waals surface area contributed by atoms with Gasteiger partial charge in [-0.15, -0.1) is 15.3 Å². The van der Waals surface area contributed by atoms with E-state index in [-0.39, 0.29) is 0 Å². The van der Waals surface area contributed by atoms with Crippen LogP contribution in [0, 0.1) is 0 Å². The van der Waals surface area contributed by atoms with Crippen molar-refractivity contribution in [3.05, 3.63) is 11.6 Å². The summed E-state index contributed by atoms with van der Waals surface area (Å²) in [7, 11) is 0. The number of rotatable bonds is 2. The van der Waals surface area contributed by atoms with Crippen molar-refractivity contribution in [3.8, 4) is 0 Å². The molecule has 7 heteroatoms. The summed E-state index contributed by atoms with van der Waals surface area (Å²) in [5.74, 6) is 3.04. The van der Waals surface area contributed by atoms with Crippen molar-refractivity contribution in [2.75, 3.05) is 0 Å². The van der Waals surface area contributed by atoms with Crippen molar-refractivity contribution >= 4 is 12.2 Å². The average molecular weight is 262 g/mol. The maximum atomic E-state index is 8.52. The second-order valence-electron chi connectivity index (χ2n) is 5.02. The summed E-state index contributed by atoms with van der Waals surface area (Å²) >= 11 is 0. The third-order valence-corrected chi connectivity index (χ3v) is 3.76. The molecule has 0 unspecified atom stereocenters. The van der Waals surface area contributed by atoms with Crippen molar-refractivity contribution in [2.45, 2.75) is 50.9 Å². The van der Waals surface area contributed by atoms with Gasteiger partial charge < -0.3 is 0 Å². The standard InChI is InChI=1S/C12H18N6O/c19-14-8-13-10-6-7-11-15-16-12(18(11)17-10)9-4-2-1-3-5-9/h8-9,19H,1-7H2,(H,13,14,17). The monoisotopic (exact) mass is 262 g/mol. The number of aryl methyl sites for hydroxylation is 1. The van der Waals surface area contributed by atoms with E-state index >= 15 is 0 Å². The van der Waals surface area contributed by atoms with Gasteiger partial charge in [-0.05, 0) is 12.8 Å². The van der Waals surface area contributed by atoms with E-state index in [1.807, 2.05) is 10.2 Å². The SMILES string of the molecule is ONC=NC1=Nn2c(nnc2C2CCCCC2)CC1. The topological polar surface area (TPSA) is 87.7 Å². The summed E-state index contributed by atoms with van der Waals surface area (Å²) in [6, 6.07) is 0. The zero-order chi connectivity index (χ0) is 13.1. The summed E-state index contributed by atoms with van der Waals surface area (Å²) in [5, 5.41) is 21.6. The molecule has 0 aromatic carbocycles. The molecule has 19 heavy (non-hydrogen) atoms. The van der Waals surface area contributed by atoms with Crippen LogP contribution in [0.3, 0.4) is 0 Å². The Hall–Kier alpha value is -1.76. The van der Waals surface area contributed by atoms with Crippen LogP contribution in [0.2, 0.25) is 0 Å². The van der Waals surface area contributed by atoms with Gasteiger partial charge in [0, 0.05) is 18.8 Å². The van der Waals surface area contributed by atoms with E-state index in [1.165, 1.54) is 38.4 Å². The van der Waals surface area contributed by atoms with E-state index in [0.29, 0.717) is 11.8 Å². The van der Waals surface area contributed by atoms with Gasteiger partial charge in [0.15, 0.2) is 17.5 Å². The van der Waals surface area contributed by atoms with Crippen molar-refractivity contribution < 1.29 is 5.21 Å². The number of amidine groups is 1. The van der Waals surface area contributed by atoms with E-state index in [9.17, 15) is 0 Å². The molecule has 7 nitrogen and oxygen atoms in total. The van der Waals surface area contributed by atoms with E-state index < -0.39 is 0 Å². The Balaban J connectivity index is 1.87. The van der Waals surface area contributed by atoms with Crippen LogP contribution in [-0.2, 0) is 6.42 Å². The first kappa shape index (κ1) is 12.3. The molecule has 2 heterocycles. The summed E-state index contributed by atoms with van der Waals surface area (Å²) in [6.45, 7) is 0. The van der Waals surface area contributed by atoms with Crippen LogP contribution in [-0.4, -0.2) is 32.3 Å². The molecule has 0 atom stereocenters. The maximum Gasteiger partial charge on any atom is 0.157 e. The highest BCUT2D eigenvalue weighted by Crippen LogP contribution is 2.32. The van der Waals surface area contributed by atoms with Crippen molar-refractivity contribution in [2.24, 2.45) is 10.1 Å². The van der Waals surface area contributed by atoms with Gasteiger partial charge in [-0.25, -0.2) is 4.99 Å². The molecule has 0 spiro atoms. The number of nitrogens with zero attached hydrogens (tertiary/aromatic N) is 5. The number of hydrogen-bond acceptors (Lipinski definition) is 5. The van der Waals surface area contributed by atoms with Gasteiger partial charge in [0.2, 0.25) is 0 Å². The largest absolute Gasteiger partial charge is 0.290 e. The fourth-order valence-electron chi connectivity index (χ4n) is 2.79. The molecule has 0 radical (unpaired) electrons.